The second-order valence-electron chi connectivity index (χ2n) is 4.97. The molecule has 0 spiro atoms. The van der Waals surface area contributed by atoms with E-state index in [4.69, 9.17) is 0 Å². The highest BCUT2D eigenvalue weighted by molar-refractivity contribution is 5.85. The predicted octanol–water partition coefficient (Wildman–Crippen LogP) is 3.78. The number of benzene rings is 1. The van der Waals surface area contributed by atoms with Gasteiger partial charge in [0.15, 0.2) is 5.69 Å². The second-order valence-corrected chi connectivity index (χ2v) is 4.97. The van der Waals surface area contributed by atoms with Gasteiger partial charge in [-0.05, 0) is 37.5 Å². The monoisotopic (exact) mass is 272 g/mol. The van der Waals surface area contributed by atoms with Crippen molar-refractivity contribution in [3.8, 4) is 5.69 Å². The molecule has 0 fully saturated rings. The molecule has 0 atom stereocenters. The normalized spacial score (nSPS) is 11.0. The molecule has 1 aromatic heterocycles. The van der Waals surface area contributed by atoms with Gasteiger partial charge in [-0.3, -0.25) is 0 Å². The fourth-order valence-electron chi connectivity index (χ4n) is 2.49. The molecule has 0 aliphatic carbocycles. The lowest BCUT2D eigenvalue weighted by atomic mass is 9.98. The largest absolute Gasteiger partial charge is 0.476 e. The number of aromatic nitrogens is 2. The summed E-state index contributed by atoms with van der Waals surface area (Å²) < 4.78 is 1.79. The van der Waals surface area contributed by atoms with Gasteiger partial charge in [-0.1, -0.05) is 32.0 Å². The number of nitrogens with zero attached hydrogens (tertiary/aromatic N) is 2. The SMILES string of the molecule is CCC(CC)c1cc(C(=O)O)nn1-c1ccccc1C. The van der Waals surface area contributed by atoms with Crippen LogP contribution in [0.15, 0.2) is 30.3 Å². The molecule has 106 valence electrons. The van der Waals surface area contributed by atoms with Crippen LogP contribution < -0.4 is 0 Å². The first-order valence-corrected chi connectivity index (χ1v) is 6.97. The molecule has 2 rings (SSSR count). The summed E-state index contributed by atoms with van der Waals surface area (Å²) in [6, 6.07) is 9.60. The van der Waals surface area contributed by atoms with E-state index in [0.717, 1.165) is 29.8 Å². The zero-order valence-corrected chi connectivity index (χ0v) is 12.1. The van der Waals surface area contributed by atoms with Crippen LogP contribution in [0.2, 0.25) is 0 Å². The maximum absolute atomic E-state index is 11.2. The Morgan fingerprint density at radius 1 is 1.30 bits per heavy atom. The van der Waals surface area contributed by atoms with Crippen molar-refractivity contribution >= 4 is 5.97 Å². The number of carbonyl (C=O) groups is 1. The zero-order valence-electron chi connectivity index (χ0n) is 12.1. The van der Waals surface area contributed by atoms with E-state index in [1.807, 2.05) is 31.2 Å². The third-order valence-corrected chi connectivity index (χ3v) is 3.70. The molecule has 1 aromatic carbocycles. The molecule has 1 heterocycles. The van der Waals surface area contributed by atoms with Crippen molar-refractivity contribution < 1.29 is 9.90 Å². The van der Waals surface area contributed by atoms with Gasteiger partial charge in [-0.15, -0.1) is 0 Å². The Labute approximate surface area is 119 Å². The summed E-state index contributed by atoms with van der Waals surface area (Å²) in [4.78, 5) is 11.2. The third-order valence-electron chi connectivity index (χ3n) is 3.70. The molecule has 0 saturated carbocycles. The molecular weight excluding hydrogens is 252 g/mol. The van der Waals surface area contributed by atoms with E-state index in [1.165, 1.54) is 0 Å². The first-order chi connectivity index (χ1) is 9.58. The average Bonchev–Trinajstić information content (AvgIpc) is 2.86. The van der Waals surface area contributed by atoms with Crippen molar-refractivity contribution in [3.63, 3.8) is 0 Å². The van der Waals surface area contributed by atoms with Crippen LogP contribution in [0.1, 0.15) is 54.4 Å². The highest BCUT2D eigenvalue weighted by Gasteiger charge is 2.20. The Balaban J connectivity index is 2.61. The quantitative estimate of drug-likeness (QED) is 0.901. The highest BCUT2D eigenvalue weighted by atomic mass is 16.4. The van der Waals surface area contributed by atoms with E-state index in [1.54, 1.807) is 10.7 Å². The number of hydrogen-bond donors (Lipinski definition) is 1. The molecule has 1 N–H and O–H groups in total. The van der Waals surface area contributed by atoms with Crippen LogP contribution in [0.3, 0.4) is 0 Å². The maximum atomic E-state index is 11.2. The molecule has 0 bridgehead atoms. The summed E-state index contributed by atoms with van der Waals surface area (Å²) in [6.07, 6.45) is 1.93. The Bertz CT molecular complexity index is 613. The number of para-hydroxylation sites is 1. The molecule has 0 radical (unpaired) electrons. The first-order valence-electron chi connectivity index (χ1n) is 6.97. The van der Waals surface area contributed by atoms with Crippen LogP contribution in [-0.2, 0) is 0 Å². The second kappa shape index (κ2) is 5.90. The summed E-state index contributed by atoms with van der Waals surface area (Å²) in [5.41, 5.74) is 3.11. The summed E-state index contributed by atoms with van der Waals surface area (Å²) in [5.74, 6) is -0.667. The predicted molar refractivity (Wildman–Crippen MR) is 78.6 cm³/mol. The van der Waals surface area contributed by atoms with Crippen LogP contribution in [0.4, 0.5) is 0 Å². The molecule has 4 nitrogen and oxygen atoms in total. The van der Waals surface area contributed by atoms with Gasteiger partial charge in [0.25, 0.3) is 0 Å². The van der Waals surface area contributed by atoms with E-state index >= 15 is 0 Å². The van der Waals surface area contributed by atoms with Gasteiger partial charge in [0.1, 0.15) is 0 Å². The van der Waals surface area contributed by atoms with Crippen LogP contribution >= 0.6 is 0 Å². The van der Waals surface area contributed by atoms with Gasteiger partial charge >= 0.3 is 5.97 Å². The Morgan fingerprint density at radius 3 is 2.50 bits per heavy atom. The summed E-state index contributed by atoms with van der Waals surface area (Å²) in [5, 5.41) is 13.5. The number of hydrogen-bond acceptors (Lipinski definition) is 2. The molecule has 0 unspecified atom stereocenters. The molecule has 2 aromatic rings. The lowest BCUT2D eigenvalue weighted by Gasteiger charge is -2.16. The summed E-state index contributed by atoms with van der Waals surface area (Å²) in [6.45, 7) is 6.24. The van der Waals surface area contributed by atoms with Crippen molar-refractivity contribution in [1.29, 1.82) is 0 Å². The maximum Gasteiger partial charge on any atom is 0.356 e. The van der Waals surface area contributed by atoms with Crippen molar-refractivity contribution in [2.24, 2.45) is 0 Å². The molecular formula is C16H20N2O2. The average molecular weight is 272 g/mol. The Morgan fingerprint density at radius 2 is 1.95 bits per heavy atom. The summed E-state index contributed by atoms with van der Waals surface area (Å²) >= 11 is 0. The molecule has 0 aliphatic rings. The van der Waals surface area contributed by atoms with E-state index in [2.05, 4.69) is 18.9 Å². The smallest absolute Gasteiger partial charge is 0.356 e. The lowest BCUT2D eigenvalue weighted by molar-refractivity contribution is 0.0690. The number of carboxylic acid groups (broad SMARTS) is 1. The van der Waals surface area contributed by atoms with E-state index in [-0.39, 0.29) is 5.69 Å². The first kappa shape index (κ1) is 14.3. The van der Waals surface area contributed by atoms with E-state index in [0.29, 0.717) is 5.92 Å². The fraction of sp³-hybridized carbons (Fsp3) is 0.375. The standard InChI is InChI=1S/C16H20N2O2/c1-4-12(5-2)15-10-13(16(19)20)17-18(15)14-9-7-6-8-11(14)3/h6-10,12H,4-5H2,1-3H3,(H,19,20). The molecule has 0 amide bonds. The van der Waals surface area contributed by atoms with Gasteiger partial charge < -0.3 is 5.11 Å². The van der Waals surface area contributed by atoms with Crippen LogP contribution in [0, 0.1) is 6.92 Å². The van der Waals surface area contributed by atoms with Gasteiger partial charge in [-0.2, -0.15) is 5.10 Å². The zero-order chi connectivity index (χ0) is 14.7. The van der Waals surface area contributed by atoms with Crippen molar-refractivity contribution in [2.45, 2.75) is 39.5 Å². The number of rotatable bonds is 5. The van der Waals surface area contributed by atoms with Crippen LogP contribution in [0.5, 0.6) is 0 Å². The van der Waals surface area contributed by atoms with Gasteiger partial charge in [0.2, 0.25) is 0 Å². The Kier molecular flexibility index (Phi) is 4.23. The van der Waals surface area contributed by atoms with E-state index < -0.39 is 5.97 Å². The van der Waals surface area contributed by atoms with Crippen molar-refractivity contribution in [1.82, 2.24) is 9.78 Å². The van der Waals surface area contributed by atoms with Crippen LogP contribution in [0.25, 0.3) is 5.69 Å². The minimum Gasteiger partial charge on any atom is -0.476 e. The van der Waals surface area contributed by atoms with Crippen molar-refractivity contribution in [3.05, 3.63) is 47.3 Å². The van der Waals surface area contributed by atoms with Gasteiger partial charge in [0.05, 0.1) is 5.69 Å². The van der Waals surface area contributed by atoms with Gasteiger partial charge in [0, 0.05) is 11.6 Å². The molecule has 20 heavy (non-hydrogen) atoms. The number of aromatic carboxylic acids is 1. The highest BCUT2D eigenvalue weighted by Crippen LogP contribution is 2.27. The van der Waals surface area contributed by atoms with E-state index in [9.17, 15) is 9.90 Å². The Hall–Kier alpha value is -2.10. The third kappa shape index (κ3) is 2.59. The van der Waals surface area contributed by atoms with Crippen molar-refractivity contribution in [2.75, 3.05) is 0 Å². The topological polar surface area (TPSA) is 55.1 Å². The number of carboxylic acids is 1. The molecule has 0 saturated heterocycles. The number of aryl methyl sites for hydroxylation is 1. The van der Waals surface area contributed by atoms with Crippen LogP contribution in [-0.4, -0.2) is 20.9 Å². The molecule has 0 aliphatic heterocycles. The molecule has 4 heteroatoms. The minimum atomic E-state index is -0.982. The summed E-state index contributed by atoms with van der Waals surface area (Å²) in [7, 11) is 0. The lowest BCUT2D eigenvalue weighted by Crippen LogP contribution is -2.08. The minimum absolute atomic E-state index is 0.107. The fourth-order valence-corrected chi connectivity index (χ4v) is 2.49. The van der Waals surface area contributed by atoms with Gasteiger partial charge in [-0.25, -0.2) is 9.48 Å².